The van der Waals surface area contributed by atoms with Gasteiger partial charge in [0.1, 0.15) is 13.2 Å². The number of amides is 2. The third-order valence-electron chi connectivity index (χ3n) is 9.92. The van der Waals surface area contributed by atoms with Gasteiger partial charge in [0.05, 0.1) is 64.7 Å². The third-order valence-corrected chi connectivity index (χ3v) is 9.92. The standard InChI is InChI=1S/C48H90N4O14/c1-7-33-61-45(55)23-27-51(29-37-59-41(3)4)31-39-64-44(54)22-16-12-10-13-17-25-49-47(57)65-36-20-19-35-63-43(53)21-15-11-9-14-18-26-50-48(58)66-40-32-52(30-38-60-42(5)6)28-24-46(56)62-34-8-2/h41-42H,7-40H2,1-6H3,(H,49,57)(H,50,58). The molecule has 2 amide bonds. The van der Waals surface area contributed by atoms with Gasteiger partial charge in [-0.25, -0.2) is 9.59 Å². The number of carbonyl (C=O) groups is 6. The largest absolute Gasteiger partial charge is 0.466 e. The number of hydrogen-bond donors (Lipinski definition) is 2. The summed E-state index contributed by atoms with van der Waals surface area (Å²) in [7, 11) is 0. The first-order chi connectivity index (χ1) is 31.9. The molecule has 0 aliphatic carbocycles. The Kier molecular flexibility index (Phi) is 42.5. The first-order valence-electron chi connectivity index (χ1n) is 25.0. The zero-order valence-corrected chi connectivity index (χ0v) is 41.8. The molecule has 0 heterocycles. The van der Waals surface area contributed by atoms with Crippen molar-refractivity contribution in [2.45, 2.75) is 169 Å². The SMILES string of the molecule is CCCOC(=O)CCN(CCOC(=O)CCCCCCCNC(=O)OCCCCOC(=O)CCCCCCCNC(=O)OCCN(CCOC(C)C)CCC(=O)OCCC)CCOC(C)C. The van der Waals surface area contributed by atoms with E-state index in [0.717, 1.165) is 77.0 Å². The molecule has 386 valence electrons. The van der Waals surface area contributed by atoms with Crippen LogP contribution in [0.2, 0.25) is 0 Å². The molecule has 0 bridgehead atoms. The molecule has 18 heteroatoms. The molecule has 0 fully saturated rings. The van der Waals surface area contributed by atoms with Crippen molar-refractivity contribution in [2.24, 2.45) is 0 Å². The highest BCUT2D eigenvalue weighted by molar-refractivity contribution is 5.70. The Bertz CT molecular complexity index is 1150. The van der Waals surface area contributed by atoms with Gasteiger partial charge in [0.15, 0.2) is 0 Å². The highest BCUT2D eigenvalue weighted by Gasteiger charge is 2.14. The smallest absolute Gasteiger partial charge is 0.407 e. The lowest BCUT2D eigenvalue weighted by Gasteiger charge is -2.22. The van der Waals surface area contributed by atoms with Crippen LogP contribution in [-0.2, 0) is 57.1 Å². The van der Waals surface area contributed by atoms with Gasteiger partial charge in [-0.15, -0.1) is 0 Å². The molecule has 66 heavy (non-hydrogen) atoms. The maximum atomic E-state index is 12.2. The van der Waals surface area contributed by atoms with Crippen molar-refractivity contribution in [3.63, 3.8) is 0 Å². The highest BCUT2D eigenvalue weighted by Crippen LogP contribution is 2.08. The van der Waals surface area contributed by atoms with Gasteiger partial charge in [-0.2, -0.15) is 0 Å². The fourth-order valence-electron chi connectivity index (χ4n) is 6.17. The van der Waals surface area contributed by atoms with Crippen LogP contribution in [0, 0.1) is 0 Å². The topological polar surface area (TPSA) is 207 Å². The molecular formula is C48H90N4O14. The van der Waals surface area contributed by atoms with Crippen LogP contribution in [0.3, 0.4) is 0 Å². The number of ether oxygens (including phenoxy) is 8. The average molecular weight is 947 g/mol. The predicted octanol–water partition coefficient (Wildman–Crippen LogP) is 7.13. The van der Waals surface area contributed by atoms with Crippen LogP contribution in [-0.4, -0.2) is 163 Å². The van der Waals surface area contributed by atoms with Gasteiger partial charge >= 0.3 is 36.1 Å². The Morgan fingerprint density at radius 3 is 1.14 bits per heavy atom. The summed E-state index contributed by atoms with van der Waals surface area (Å²) in [5.41, 5.74) is 0. The number of hydrogen-bond acceptors (Lipinski definition) is 16. The van der Waals surface area contributed by atoms with E-state index in [0.29, 0.717) is 104 Å². The molecule has 0 spiro atoms. The monoisotopic (exact) mass is 947 g/mol. The second kappa shape index (κ2) is 45.1. The van der Waals surface area contributed by atoms with Gasteiger partial charge in [0.25, 0.3) is 0 Å². The number of carbonyl (C=O) groups excluding carboxylic acids is 6. The molecule has 0 unspecified atom stereocenters. The number of unbranched alkanes of at least 4 members (excludes halogenated alkanes) is 9. The molecule has 0 atom stereocenters. The van der Waals surface area contributed by atoms with Gasteiger partial charge in [-0.05, 0) is 79.1 Å². The van der Waals surface area contributed by atoms with Crippen LogP contribution >= 0.6 is 0 Å². The molecule has 18 nitrogen and oxygen atoms in total. The minimum atomic E-state index is -0.469. The predicted molar refractivity (Wildman–Crippen MR) is 252 cm³/mol. The second-order valence-corrected chi connectivity index (χ2v) is 16.8. The van der Waals surface area contributed by atoms with E-state index in [1.54, 1.807) is 0 Å². The zero-order chi connectivity index (χ0) is 48.9. The molecule has 0 aromatic heterocycles. The summed E-state index contributed by atoms with van der Waals surface area (Å²) in [5.74, 6) is -0.930. The summed E-state index contributed by atoms with van der Waals surface area (Å²) in [4.78, 5) is 76.3. The quantitative estimate of drug-likeness (QED) is 0.0354. The summed E-state index contributed by atoms with van der Waals surface area (Å²) in [6.07, 6.45) is 11.9. The Hall–Kier alpha value is -3.74. The van der Waals surface area contributed by atoms with E-state index in [2.05, 4.69) is 15.5 Å². The van der Waals surface area contributed by atoms with Crippen molar-refractivity contribution in [2.75, 3.05) is 105 Å². The lowest BCUT2D eigenvalue weighted by molar-refractivity contribution is -0.146. The van der Waals surface area contributed by atoms with Crippen molar-refractivity contribution >= 4 is 36.1 Å². The molecule has 0 saturated carbocycles. The molecule has 0 rings (SSSR count). The minimum absolute atomic E-state index is 0.110. The van der Waals surface area contributed by atoms with Gasteiger partial charge in [0.2, 0.25) is 0 Å². The fourth-order valence-corrected chi connectivity index (χ4v) is 6.17. The van der Waals surface area contributed by atoms with Gasteiger partial charge in [-0.1, -0.05) is 52.4 Å². The van der Waals surface area contributed by atoms with E-state index < -0.39 is 12.2 Å². The molecule has 0 aliphatic heterocycles. The number of esters is 4. The van der Waals surface area contributed by atoms with E-state index in [9.17, 15) is 28.8 Å². The number of alkyl carbamates (subject to hydrolysis) is 2. The van der Waals surface area contributed by atoms with Crippen LogP contribution in [0.4, 0.5) is 9.59 Å². The molecule has 0 aromatic rings. The maximum absolute atomic E-state index is 12.2. The van der Waals surface area contributed by atoms with Crippen LogP contribution in [0.15, 0.2) is 0 Å². The van der Waals surface area contributed by atoms with Crippen molar-refractivity contribution in [1.82, 2.24) is 20.4 Å². The van der Waals surface area contributed by atoms with Crippen molar-refractivity contribution in [3.05, 3.63) is 0 Å². The van der Waals surface area contributed by atoms with Crippen LogP contribution in [0.5, 0.6) is 0 Å². The molecular weight excluding hydrogens is 857 g/mol. The number of nitrogens with zero attached hydrogens (tertiary/aromatic N) is 2. The van der Waals surface area contributed by atoms with E-state index >= 15 is 0 Å². The van der Waals surface area contributed by atoms with Gasteiger partial charge in [-0.3, -0.25) is 29.0 Å². The molecule has 0 radical (unpaired) electrons. The fraction of sp³-hybridized carbons (Fsp3) is 0.875. The highest BCUT2D eigenvalue weighted by atomic mass is 16.6. The van der Waals surface area contributed by atoms with Crippen molar-refractivity contribution in [1.29, 1.82) is 0 Å². The van der Waals surface area contributed by atoms with Gasteiger partial charge < -0.3 is 48.5 Å². The number of nitrogens with one attached hydrogen (secondary N) is 2. The number of rotatable bonds is 45. The van der Waals surface area contributed by atoms with E-state index in [1.807, 2.05) is 46.4 Å². The van der Waals surface area contributed by atoms with Gasteiger partial charge in [0, 0.05) is 65.2 Å². The van der Waals surface area contributed by atoms with E-state index in [4.69, 9.17) is 37.9 Å². The normalized spacial score (nSPS) is 11.2. The van der Waals surface area contributed by atoms with Crippen LogP contribution < -0.4 is 10.6 Å². The maximum Gasteiger partial charge on any atom is 0.407 e. The van der Waals surface area contributed by atoms with Crippen molar-refractivity contribution < 1.29 is 66.7 Å². The first kappa shape index (κ1) is 62.3. The summed E-state index contributed by atoms with van der Waals surface area (Å²) in [6, 6.07) is 0. The molecule has 0 saturated heterocycles. The van der Waals surface area contributed by atoms with Crippen molar-refractivity contribution in [3.8, 4) is 0 Å². The lowest BCUT2D eigenvalue weighted by atomic mass is 10.1. The molecule has 0 aliphatic rings. The van der Waals surface area contributed by atoms with E-state index in [1.165, 1.54) is 0 Å². The second-order valence-electron chi connectivity index (χ2n) is 16.8. The average Bonchev–Trinajstić information content (AvgIpc) is 3.28. The van der Waals surface area contributed by atoms with Crippen LogP contribution in [0.25, 0.3) is 0 Å². The Balaban J connectivity index is 3.78. The Morgan fingerprint density at radius 1 is 0.364 bits per heavy atom. The first-order valence-corrected chi connectivity index (χ1v) is 25.0. The third kappa shape index (κ3) is 44.1. The molecule has 0 aromatic carbocycles. The minimum Gasteiger partial charge on any atom is -0.466 e. The summed E-state index contributed by atoms with van der Waals surface area (Å²) >= 11 is 0. The lowest BCUT2D eigenvalue weighted by Crippen LogP contribution is -2.35. The zero-order valence-electron chi connectivity index (χ0n) is 41.8. The van der Waals surface area contributed by atoms with E-state index in [-0.39, 0.29) is 75.4 Å². The summed E-state index contributed by atoms with van der Waals surface area (Å²) in [5, 5.41) is 5.53. The van der Waals surface area contributed by atoms with Crippen LogP contribution in [0.1, 0.15) is 157 Å². The molecule has 2 N–H and O–H groups in total. The Labute approximate surface area is 396 Å². The Morgan fingerprint density at radius 2 is 0.697 bits per heavy atom. The summed E-state index contributed by atoms with van der Waals surface area (Å²) < 4.78 is 42.9. The summed E-state index contributed by atoms with van der Waals surface area (Å²) in [6.45, 7) is 19.0.